The SMILES string of the molecule is CC(C)(C)OC(=O)N1CCC(C(O)c2ccco2)C1. The molecule has 1 amide bonds. The van der Waals surface area contributed by atoms with Gasteiger partial charge in [-0.2, -0.15) is 0 Å². The van der Waals surface area contributed by atoms with E-state index >= 15 is 0 Å². The number of amides is 1. The molecule has 1 aliphatic heterocycles. The van der Waals surface area contributed by atoms with Crippen LogP contribution < -0.4 is 0 Å². The summed E-state index contributed by atoms with van der Waals surface area (Å²) in [5, 5.41) is 10.2. The minimum Gasteiger partial charge on any atom is -0.467 e. The molecule has 2 rings (SSSR count). The van der Waals surface area contributed by atoms with Gasteiger partial charge in [-0.05, 0) is 39.3 Å². The zero-order valence-corrected chi connectivity index (χ0v) is 11.6. The topological polar surface area (TPSA) is 62.9 Å². The van der Waals surface area contributed by atoms with Crippen LogP contribution in [-0.4, -0.2) is 34.8 Å². The number of carbonyl (C=O) groups is 1. The molecule has 0 aliphatic carbocycles. The van der Waals surface area contributed by atoms with E-state index in [-0.39, 0.29) is 12.0 Å². The van der Waals surface area contributed by atoms with Crippen LogP contribution in [0.1, 0.15) is 39.1 Å². The molecule has 1 fully saturated rings. The summed E-state index contributed by atoms with van der Waals surface area (Å²) < 4.78 is 10.5. The zero-order chi connectivity index (χ0) is 14.0. The van der Waals surface area contributed by atoms with Crippen LogP contribution in [0.15, 0.2) is 22.8 Å². The van der Waals surface area contributed by atoms with E-state index in [0.717, 1.165) is 6.42 Å². The molecular weight excluding hydrogens is 246 g/mol. The smallest absolute Gasteiger partial charge is 0.410 e. The molecule has 0 aromatic carbocycles. The van der Waals surface area contributed by atoms with Gasteiger partial charge in [0.2, 0.25) is 0 Å². The lowest BCUT2D eigenvalue weighted by atomic mass is 10.00. The second kappa shape index (κ2) is 5.25. The molecule has 19 heavy (non-hydrogen) atoms. The van der Waals surface area contributed by atoms with Gasteiger partial charge in [0.25, 0.3) is 0 Å². The summed E-state index contributed by atoms with van der Waals surface area (Å²) in [4.78, 5) is 13.6. The van der Waals surface area contributed by atoms with Crippen LogP contribution >= 0.6 is 0 Å². The Labute approximate surface area is 113 Å². The van der Waals surface area contributed by atoms with Crippen molar-refractivity contribution < 1.29 is 19.1 Å². The Morgan fingerprint density at radius 1 is 1.58 bits per heavy atom. The van der Waals surface area contributed by atoms with Crippen molar-refractivity contribution in [1.82, 2.24) is 4.90 Å². The van der Waals surface area contributed by atoms with E-state index in [1.807, 2.05) is 20.8 Å². The number of carbonyl (C=O) groups excluding carboxylic acids is 1. The molecule has 2 unspecified atom stereocenters. The van der Waals surface area contributed by atoms with Crippen molar-refractivity contribution in [3.63, 3.8) is 0 Å². The summed E-state index contributed by atoms with van der Waals surface area (Å²) in [6, 6.07) is 3.50. The molecule has 1 N–H and O–H groups in total. The highest BCUT2D eigenvalue weighted by Crippen LogP contribution is 2.30. The quantitative estimate of drug-likeness (QED) is 0.894. The maximum atomic E-state index is 11.9. The summed E-state index contributed by atoms with van der Waals surface area (Å²) in [7, 11) is 0. The van der Waals surface area contributed by atoms with Gasteiger partial charge in [-0.15, -0.1) is 0 Å². The first kappa shape index (κ1) is 13.9. The molecule has 0 saturated carbocycles. The highest BCUT2D eigenvalue weighted by Gasteiger charge is 2.34. The van der Waals surface area contributed by atoms with Gasteiger partial charge in [-0.3, -0.25) is 0 Å². The van der Waals surface area contributed by atoms with Gasteiger partial charge in [0.15, 0.2) is 0 Å². The first-order valence-corrected chi connectivity index (χ1v) is 6.56. The first-order chi connectivity index (χ1) is 8.87. The fraction of sp³-hybridized carbons (Fsp3) is 0.643. The summed E-state index contributed by atoms with van der Waals surface area (Å²) >= 11 is 0. The van der Waals surface area contributed by atoms with E-state index in [0.29, 0.717) is 18.8 Å². The summed E-state index contributed by atoms with van der Waals surface area (Å²) in [5.41, 5.74) is -0.491. The van der Waals surface area contributed by atoms with Gasteiger partial charge < -0.3 is 19.2 Å². The predicted molar refractivity (Wildman–Crippen MR) is 69.6 cm³/mol. The third-order valence-electron chi connectivity index (χ3n) is 3.16. The summed E-state index contributed by atoms with van der Waals surface area (Å²) in [5.74, 6) is 0.551. The van der Waals surface area contributed by atoms with E-state index in [9.17, 15) is 9.90 Å². The van der Waals surface area contributed by atoms with Crippen LogP contribution in [0.25, 0.3) is 0 Å². The van der Waals surface area contributed by atoms with Crippen molar-refractivity contribution in [2.75, 3.05) is 13.1 Å². The number of aliphatic hydroxyl groups is 1. The maximum Gasteiger partial charge on any atom is 0.410 e. The van der Waals surface area contributed by atoms with Gasteiger partial charge >= 0.3 is 6.09 Å². The largest absolute Gasteiger partial charge is 0.467 e. The molecule has 2 heterocycles. The van der Waals surface area contributed by atoms with Crippen molar-refractivity contribution in [3.8, 4) is 0 Å². The number of nitrogens with zero attached hydrogens (tertiary/aromatic N) is 1. The average Bonchev–Trinajstić information content (AvgIpc) is 2.98. The molecule has 5 heteroatoms. The molecule has 1 aromatic rings. The molecule has 1 aliphatic rings. The molecule has 2 atom stereocenters. The number of aliphatic hydroxyl groups excluding tert-OH is 1. The van der Waals surface area contributed by atoms with Crippen molar-refractivity contribution >= 4 is 6.09 Å². The number of likely N-dealkylation sites (tertiary alicyclic amines) is 1. The Balaban J connectivity index is 1.91. The first-order valence-electron chi connectivity index (χ1n) is 6.56. The Hall–Kier alpha value is -1.49. The highest BCUT2D eigenvalue weighted by atomic mass is 16.6. The Kier molecular flexibility index (Phi) is 3.85. The molecule has 106 valence electrons. The van der Waals surface area contributed by atoms with Gasteiger partial charge in [-0.25, -0.2) is 4.79 Å². The zero-order valence-electron chi connectivity index (χ0n) is 11.6. The Bertz CT molecular complexity index is 421. The highest BCUT2D eigenvalue weighted by molar-refractivity contribution is 5.68. The number of furan rings is 1. The fourth-order valence-corrected chi connectivity index (χ4v) is 2.23. The van der Waals surface area contributed by atoms with Gasteiger partial charge in [0, 0.05) is 19.0 Å². The van der Waals surface area contributed by atoms with E-state index in [1.54, 1.807) is 23.3 Å². The van der Waals surface area contributed by atoms with Crippen LogP contribution in [-0.2, 0) is 4.74 Å². The minimum absolute atomic E-state index is 0.00123. The Morgan fingerprint density at radius 2 is 2.32 bits per heavy atom. The van der Waals surface area contributed by atoms with Gasteiger partial charge in [0.05, 0.1) is 6.26 Å². The normalized spacial score (nSPS) is 21.5. The third kappa shape index (κ3) is 3.50. The molecule has 1 saturated heterocycles. The van der Waals surface area contributed by atoms with Crippen LogP contribution in [0.5, 0.6) is 0 Å². The monoisotopic (exact) mass is 267 g/mol. The van der Waals surface area contributed by atoms with Crippen LogP contribution in [0, 0.1) is 5.92 Å². The predicted octanol–water partition coefficient (Wildman–Crippen LogP) is 2.57. The Morgan fingerprint density at radius 3 is 2.89 bits per heavy atom. The lowest BCUT2D eigenvalue weighted by Gasteiger charge is -2.24. The number of ether oxygens (including phenoxy) is 1. The average molecular weight is 267 g/mol. The van der Waals surface area contributed by atoms with Crippen molar-refractivity contribution in [1.29, 1.82) is 0 Å². The maximum absolute atomic E-state index is 11.9. The van der Waals surface area contributed by atoms with E-state index in [2.05, 4.69) is 0 Å². The summed E-state index contributed by atoms with van der Waals surface area (Å²) in [6.45, 7) is 6.64. The van der Waals surface area contributed by atoms with Gasteiger partial charge in [0.1, 0.15) is 17.5 Å². The molecule has 0 spiro atoms. The summed E-state index contributed by atoms with van der Waals surface area (Å²) in [6.07, 6.45) is 1.31. The molecular formula is C14H21NO4. The number of hydrogen-bond donors (Lipinski definition) is 1. The van der Waals surface area contributed by atoms with Crippen LogP contribution in [0.3, 0.4) is 0 Å². The van der Waals surface area contributed by atoms with E-state index in [1.165, 1.54) is 0 Å². The fourth-order valence-electron chi connectivity index (χ4n) is 2.23. The van der Waals surface area contributed by atoms with E-state index in [4.69, 9.17) is 9.15 Å². The second-order valence-corrected chi connectivity index (χ2v) is 5.94. The van der Waals surface area contributed by atoms with Crippen LogP contribution in [0.4, 0.5) is 4.79 Å². The molecule has 0 bridgehead atoms. The van der Waals surface area contributed by atoms with Gasteiger partial charge in [-0.1, -0.05) is 0 Å². The third-order valence-corrected chi connectivity index (χ3v) is 3.16. The molecule has 5 nitrogen and oxygen atoms in total. The van der Waals surface area contributed by atoms with Crippen molar-refractivity contribution in [2.24, 2.45) is 5.92 Å². The number of hydrogen-bond acceptors (Lipinski definition) is 4. The van der Waals surface area contributed by atoms with Crippen LogP contribution in [0.2, 0.25) is 0 Å². The minimum atomic E-state index is -0.664. The molecule has 0 radical (unpaired) electrons. The standard InChI is InChI=1S/C14H21NO4/c1-14(2,3)19-13(17)15-7-6-10(9-15)12(16)11-5-4-8-18-11/h4-5,8,10,12,16H,6-7,9H2,1-3H3. The number of rotatable bonds is 2. The lowest BCUT2D eigenvalue weighted by Crippen LogP contribution is -2.35. The lowest BCUT2D eigenvalue weighted by molar-refractivity contribution is 0.0260. The van der Waals surface area contributed by atoms with Crippen molar-refractivity contribution in [2.45, 2.75) is 38.9 Å². The van der Waals surface area contributed by atoms with Crippen molar-refractivity contribution in [3.05, 3.63) is 24.2 Å². The van der Waals surface area contributed by atoms with E-state index < -0.39 is 11.7 Å². The second-order valence-electron chi connectivity index (χ2n) is 5.94. The molecule has 1 aromatic heterocycles.